The van der Waals surface area contributed by atoms with E-state index < -0.39 is 7.52 Å². The largest absolute Gasteiger partial charge is 0.788 e. The Labute approximate surface area is 53.5 Å². The Morgan fingerprint density at radius 3 is 2.50 bits per heavy atom. The van der Waals surface area contributed by atoms with Crippen LogP contribution in [0.2, 0.25) is 0 Å². The van der Waals surface area contributed by atoms with Gasteiger partial charge in [0.25, 0.3) is 0 Å². The molecule has 0 spiro atoms. The summed E-state index contributed by atoms with van der Waals surface area (Å²) in [6, 6.07) is 0. The smallest absolute Gasteiger partial charge is 0.0738 e. The number of hydrogen-bond donors (Lipinski definition) is 1. The Morgan fingerprint density at radius 1 is 1.88 bits per heavy atom. The van der Waals surface area contributed by atoms with Crippen LogP contribution in [0, 0.1) is 0 Å². The molecule has 1 unspecified atom stereocenters. The summed E-state index contributed by atoms with van der Waals surface area (Å²) in [7, 11) is -3.27. The Hall–Kier alpha value is 0.440. The van der Waals surface area contributed by atoms with Crippen LogP contribution in [0.25, 0.3) is 0 Å². The molecule has 0 bridgehead atoms. The molecule has 50 valence electrons. The number of hydrogen-bond acceptors (Lipinski definition) is 2. The van der Waals surface area contributed by atoms with Gasteiger partial charge < -0.3 is 9.46 Å². The molecule has 0 fully saturated rings. The van der Waals surface area contributed by atoms with E-state index in [0.717, 1.165) is 6.66 Å². The van der Waals surface area contributed by atoms with E-state index in [1.54, 1.807) is 0 Å². The van der Waals surface area contributed by atoms with Crippen molar-refractivity contribution >= 4 is 19.1 Å². The van der Waals surface area contributed by atoms with Crippen LogP contribution in [0.15, 0.2) is 0 Å². The second kappa shape index (κ2) is 3.46. The molecule has 0 amide bonds. The lowest BCUT2D eigenvalue weighted by Gasteiger charge is -2.17. The minimum Gasteiger partial charge on any atom is -0.788 e. The minimum atomic E-state index is -3.27. The molecule has 1 atom stereocenters. The van der Waals surface area contributed by atoms with Crippen molar-refractivity contribution in [1.82, 2.24) is 5.09 Å². The summed E-state index contributed by atoms with van der Waals surface area (Å²) in [5.41, 5.74) is 0. The van der Waals surface area contributed by atoms with E-state index >= 15 is 0 Å². The summed E-state index contributed by atoms with van der Waals surface area (Å²) in [5.74, 6) is 0.320. The lowest BCUT2D eigenvalue weighted by Crippen LogP contribution is -2.19. The molecule has 0 aliphatic heterocycles. The average Bonchev–Trinajstić information content (AvgIpc) is 1.59. The molecule has 0 aliphatic rings. The summed E-state index contributed by atoms with van der Waals surface area (Å²) in [4.78, 5) is 10.2. The molecule has 0 aliphatic carbocycles. The highest BCUT2D eigenvalue weighted by Crippen LogP contribution is 2.21. The van der Waals surface area contributed by atoms with Crippen LogP contribution in [0.4, 0.5) is 0 Å². The third-order valence-electron chi connectivity index (χ3n) is 0.494. The summed E-state index contributed by atoms with van der Waals surface area (Å²) in [6.07, 6.45) is 0. The highest BCUT2D eigenvalue weighted by Gasteiger charge is 1.92. The molecular formula is C3H8ClNO2P-. The van der Waals surface area contributed by atoms with Gasteiger partial charge in [0.1, 0.15) is 0 Å². The molecule has 0 aromatic carbocycles. The molecule has 0 radical (unpaired) electrons. The van der Waals surface area contributed by atoms with Crippen LogP contribution in [0.5, 0.6) is 0 Å². The Balaban J connectivity index is 3.26. The Morgan fingerprint density at radius 2 is 2.38 bits per heavy atom. The first-order chi connectivity index (χ1) is 3.56. The number of halogens is 1. The fourth-order valence-corrected chi connectivity index (χ4v) is 0.990. The zero-order chi connectivity index (χ0) is 6.62. The van der Waals surface area contributed by atoms with E-state index in [4.69, 9.17) is 11.6 Å². The lowest BCUT2D eigenvalue weighted by atomic mass is 10.8. The Bertz CT molecular complexity index is 101. The van der Waals surface area contributed by atoms with E-state index in [1.165, 1.54) is 0 Å². The van der Waals surface area contributed by atoms with E-state index in [0.29, 0.717) is 12.4 Å². The quantitative estimate of drug-likeness (QED) is 0.462. The van der Waals surface area contributed by atoms with Gasteiger partial charge in [-0.3, -0.25) is 5.09 Å². The molecule has 0 heterocycles. The zero-order valence-corrected chi connectivity index (χ0v) is 6.21. The Kier molecular flexibility index (Phi) is 3.65. The molecule has 1 N–H and O–H groups in total. The zero-order valence-electron chi connectivity index (χ0n) is 4.56. The molecule has 8 heavy (non-hydrogen) atoms. The van der Waals surface area contributed by atoms with E-state index in [1.807, 2.05) is 0 Å². The van der Waals surface area contributed by atoms with Crippen LogP contribution in [-0.4, -0.2) is 19.1 Å². The first-order valence-corrected chi connectivity index (χ1v) is 4.76. The molecule has 3 nitrogen and oxygen atoms in total. The van der Waals surface area contributed by atoms with Crippen molar-refractivity contribution in [2.45, 2.75) is 0 Å². The van der Waals surface area contributed by atoms with Crippen LogP contribution in [-0.2, 0) is 4.57 Å². The van der Waals surface area contributed by atoms with Crippen LogP contribution >= 0.6 is 19.1 Å². The maximum Gasteiger partial charge on any atom is 0.0738 e. The van der Waals surface area contributed by atoms with Crippen molar-refractivity contribution in [2.75, 3.05) is 19.1 Å². The normalized spacial score (nSPS) is 17.9. The van der Waals surface area contributed by atoms with E-state index in [2.05, 4.69) is 5.09 Å². The fourth-order valence-electron chi connectivity index (χ4n) is 0.245. The second-order valence-corrected chi connectivity index (χ2v) is 3.83. The van der Waals surface area contributed by atoms with Gasteiger partial charge in [-0.15, -0.1) is 11.6 Å². The van der Waals surface area contributed by atoms with Gasteiger partial charge >= 0.3 is 0 Å². The van der Waals surface area contributed by atoms with Crippen LogP contribution in [0.3, 0.4) is 0 Å². The third kappa shape index (κ3) is 6.44. The monoisotopic (exact) mass is 156 g/mol. The third-order valence-corrected chi connectivity index (χ3v) is 1.48. The maximum absolute atomic E-state index is 10.2. The van der Waals surface area contributed by atoms with Crippen molar-refractivity contribution in [1.29, 1.82) is 0 Å². The van der Waals surface area contributed by atoms with E-state index in [9.17, 15) is 9.46 Å². The topological polar surface area (TPSA) is 52.2 Å². The first-order valence-electron chi connectivity index (χ1n) is 2.16. The van der Waals surface area contributed by atoms with Gasteiger partial charge in [0.2, 0.25) is 0 Å². The molecule has 0 saturated carbocycles. The predicted octanol–water partition coefficient (Wildman–Crippen LogP) is -0.00200. The standard InChI is InChI=1S/C3H9ClNO2P/c1-8(6,7)5-3-2-4/h2-3H2,1H3,(H2,5,6,7)/p-1. The number of alkyl halides is 1. The summed E-state index contributed by atoms with van der Waals surface area (Å²) >= 11 is 5.19. The lowest BCUT2D eigenvalue weighted by molar-refractivity contribution is -0.176. The second-order valence-electron chi connectivity index (χ2n) is 1.44. The van der Waals surface area contributed by atoms with Crippen LogP contribution in [0.1, 0.15) is 0 Å². The molecule has 0 saturated heterocycles. The predicted molar refractivity (Wildman–Crippen MR) is 32.3 cm³/mol. The molecular weight excluding hydrogens is 148 g/mol. The van der Waals surface area contributed by atoms with Gasteiger partial charge in [-0.2, -0.15) is 0 Å². The van der Waals surface area contributed by atoms with Crippen molar-refractivity contribution < 1.29 is 9.46 Å². The molecule has 0 aromatic heterocycles. The van der Waals surface area contributed by atoms with Gasteiger partial charge in [-0.1, -0.05) is 0 Å². The minimum absolute atomic E-state index is 0.318. The van der Waals surface area contributed by atoms with Crippen molar-refractivity contribution in [3.63, 3.8) is 0 Å². The van der Waals surface area contributed by atoms with Gasteiger partial charge in [-0.05, 0) is 6.66 Å². The van der Waals surface area contributed by atoms with Crippen molar-refractivity contribution in [3.05, 3.63) is 0 Å². The highest BCUT2D eigenvalue weighted by molar-refractivity contribution is 7.53. The van der Waals surface area contributed by atoms with Gasteiger partial charge in [0.05, 0.1) is 7.52 Å². The van der Waals surface area contributed by atoms with E-state index in [-0.39, 0.29) is 0 Å². The molecule has 5 heteroatoms. The van der Waals surface area contributed by atoms with Crippen LogP contribution < -0.4 is 9.98 Å². The van der Waals surface area contributed by atoms with Gasteiger partial charge in [0, 0.05) is 12.4 Å². The SMILES string of the molecule is CP(=O)([O-])NCCCl. The summed E-state index contributed by atoms with van der Waals surface area (Å²) in [6.45, 7) is 1.44. The molecule has 0 aromatic rings. The van der Waals surface area contributed by atoms with Crippen molar-refractivity contribution in [3.8, 4) is 0 Å². The first kappa shape index (κ1) is 8.44. The summed E-state index contributed by atoms with van der Waals surface area (Å²) in [5, 5.41) is 2.24. The number of rotatable bonds is 3. The van der Waals surface area contributed by atoms with Gasteiger partial charge in [0.15, 0.2) is 0 Å². The fraction of sp³-hybridized carbons (Fsp3) is 1.00. The highest BCUT2D eigenvalue weighted by atomic mass is 35.5. The maximum atomic E-state index is 10.2. The van der Waals surface area contributed by atoms with Crippen molar-refractivity contribution in [2.24, 2.45) is 0 Å². The molecule has 0 rings (SSSR count). The number of nitrogens with one attached hydrogen (secondary N) is 1. The summed E-state index contributed by atoms with van der Waals surface area (Å²) < 4.78 is 10.2. The average molecular weight is 157 g/mol. The van der Waals surface area contributed by atoms with Gasteiger partial charge in [-0.25, -0.2) is 0 Å².